The molecule has 6 heteroatoms. The molecule has 6 nitrogen and oxygen atoms in total. The third-order valence-electron chi connectivity index (χ3n) is 5.29. The number of nitrogens with one attached hydrogen (secondary N) is 1. The molecule has 0 bridgehead atoms. The lowest BCUT2D eigenvalue weighted by atomic mass is 9.97. The van der Waals surface area contributed by atoms with E-state index in [-0.39, 0.29) is 0 Å². The Hall–Kier alpha value is -0.240. The maximum Gasteiger partial charge on any atom is 0.0364 e. The molecule has 5 N–H and O–H groups in total. The normalized spacial score (nSPS) is 25.1. The van der Waals surface area contributed by atoms with Gasteiger partial charge in [-0.2, -0.15) is 5.12 Å². The predicted octanol–water partition coefficient (Wildman–Crippen LogP) is -0.0358. The number of hydrogen-bond acceptors (Lipinski definition) is 6. The van der Waals surface area contributed by atoms with E-state index >= 15 is 0 Å². The molecule has 1 atom stereocenters. The molecule has 0 amide bonds. The zero-order chi connectivity index (χ0) is 15.3. The Balaban J connectivity index is 1.80. The number of piperazine rings is 1. The van der Waals surface area contributed by atoms with Crippen molar-refractivity contribution in [1.82, 2.24) is 20.2 Å². The van der Waals surface area contributed by atoms with Crippen LogP contribution in [0.25, 0.3) is 0 Å². The fraction of sp³-hybridized carbons (Fsp3) is 1.00. The van der Waals surface area contributed by atoms with E-state index in [1.165, 1.54) is 44.0 Å². The van der Waals surface area contributed by atoms with Crippen molar-refractivity contribution in [3.05, 3.63) is 0 Å². The van der Waals surface area contributed by atoms with Crippen molar-refractivity contribution < 1.29 is 0 Å². The fourth-order valence-electron chi connectivity index (χ4n) is 3.81. The Morgan fingerprint density at radius 1 is 1.19 bits per heavy atom. The SMILES string of the molecule is CCN(CC)CCCN1CCNC(CCN(N)N)C12CC2. The van der Waals surface area contributed by atoms with Gasteiger partial charge in [0.2, 0.25) is 0 Å². The molecular formula is C15H34N6. The second kappa shape index (κ2) is 7.85. The molecule has 2 fully saturated rings. The summed E-state index contributed by atoms with van der Waals surface area (Å²) in [7, 11) is 0. The van der Waals surface area contributed by atoms with E-state index in [1.807, 2.05) is 0 Å². The average molecular weight is 298 g/mol. The summed E-state index contributed by atoms with van der Waals surface area (Å²) in [6, 6.07) is 0.550. The second-order valence-electron chi connectivity index (χ2n) is 6.50. The summed E-state index contributed by atoms with van der Waals surface area (Å²) in [6.45, 7) is 12.3. The van der Waals surface area contributed by atoms with Crippen LogP contribution in [0.2, 0.25) is 0 Å². The quantitative estimate of drug-likeness (QED) is 0.410. The summed E-state index contributed by atoms with van der Waals surface area (Å²) >= 11 is 0. The van der Waals surface area contributed by atoms with E-state index in [2.05, 4.69) is 29.0 Å². The minimum absolute atomic E-state index is 0.400. The number of nitrogens with zero attached hydrogens (tertiary/aromatic N) is 3. The molecule has 0 aromatic rings. The molecule has 1 saturated heterocycles. The molecule has 0 radical (unpaired) electrons. The first-order chi connectivity index (χ1) is 10.1. The first kappa shape index (κ1) is 17.1. The zero-order valence-corrected chi connectivity index (χ0v) is 13.9. The molecule has 1 spiro atoms. The molecule has 0 aromatic carbocycles. The Bertz CT molecular complexity index is 301. The second-order valence-corrected chi connectivity index (χ2v) is 6.50. The fourth-order valence-corrected chi connectivity index (χ4v) is 3.81. The topological polar surface area (TPSA) is 73.8 Å². The molecule has 124 valence electrons. The lowest BCUT2D eigenvalue weighted by Gasteiger charge is -2.43. The minimum Gasteiger partial charge on any atom is -0.311 e. The summed E-state index contributed by atoms with van der Waals surface area (Å²) in [5.74, 6) is 11.1. The summed E-state index contributed by atoms with van der Waals surface area (Å²) in [4.78, 5) is 5.25. The van der Waals surface area contributed by atoms with Crippen molar-refractivity contribution in [2.45, 2.75) is 51.1 Å². The highest BCUT2D eigenvalue weighted by Gasteiger charge is 2.54. The van der Waals surface area contributed by atoms with E-state index < -0.39 is 0 Å². The highest BCUT2D eigenvalue weighted by Crippen LogP contribution is 2.47. The van der Waals surface area contributed by atoms with Gasteiger partial charge >= 0.3 is 0 Å². The molecule has 1 unspecified atom stereocenters. The molecule has 2 rings (SSSR count). The molecule has 0 aromatic heterocycles. The highest BCUT2D eigenvalue weighted by molar-refractivity contribution is 5.13. The highest BCUT2D eigenvalue weighted by atomic mass is 15.6. The van der Waals surface area contributed by atoms with Crippen LogP contribution < -0.4 is 17.0 Å². The lowest BCUT2D eigenvalue weighted by Crippen LogP contribution is -2.61. The first-order valence-corrected chi connectivity index (χ1v) is 8.60. The maximum absolute atomic E-state index is 5.56. The van der Waals surface area contributed by atoms with Gasteiger partial charge in [-0.1, -0.05) is 13.8 Å². The van der Waals surface area contributed by atoms with Gasteiger partial charge in [0.15, 0.2) is 0 Å². The summed E-state index contributed by atoms with van der Waals surface area (Å²) in [6.07, 6.45) is 4.96. The van der Waals surface area contributed by atoms with Crippen LogP contribution in [0.1, 0.15) is 39.5 Å². The van der Waals surface area contributed by atoms with Crippen LogP contribution in [-0.4, -0.2) is 72.3 Å². The summed E-state index contributed by atoms with van der Waals surface area (Å²) in [5.41, 5.74) is 0.400. The Morgan fingerprint density at radius 2 is 1.90 bits per heavy atom. The van der Waals surface area contributed by atoms with E-state index in [0.717, 1.165) is 32.6 Å². The van der Waals surface area contributed by atoms with Crippen molar-refractivity contribution in [3.8, 4) is 0 Å². The minimum atomic E-state index is 0.400. The van der Waals surface area contributed by atoms with E-state index in [1.54, 1.807) is 0 Å². The van der Waals surface area contributed by atoms with E-state index in [9.17, 15) is 0 Å². The van der Waals surface area contributed by atoms with Gasteiger partial charge in [0.05, 0.1) is 0 Å². The third kappa shape index (κ3) is 4.37. The molecular weight excluding hydrogens is 264 g/mol. The van der Waals surface area contributed by atoms with E-state index in [4.69, 9.17) is 11.7 Å². The molecule has 1 heterocycles. The van der Waals surface area contributed by atoms with Gasteiger partial charge in [-0.15, -0.1) is 0 Å². The largest absolute Gasteiger partial charge is 0.311 e. The van der Waals surface area contributed by atoms with Gasteiger partial charge in [0.25, 0.3) is 0 Å². The van der Waals surface area contributed by atoms with Crippen LogP contribution in [0.4, 0.5) is 0 Å². The zero-order valence-electron chi connectivity index (χ0n) is 13.9. The van der Waals surface area contributed by atoms with Gasteiger partial charge < -0.3 is 10.2 Å². The van der Waals surface area contributed by atoms with Crippen LogP contribution in [0.15, 0.2) is 0 Å². The van der Waals surface area contributed by atoms with Crippen molar-refractivity contribution in [2.24, 2.45) is 11.7 Å². The molecule has 21 heavy (non-hydrogen) atoms. The van der Waals surface area contributed by atoms with Crippen LogP contribution in [-0.2, 0) is 0 Å². The lowest BCUT2D eigenvalue weighted by molar-refractivity contribution is 0.0839. The Kier molecular flexibility index (Phi) is 6.40. The van der Waals surface area contributed by atoms with Gasteiger partial charge in [-0.25, -0.2) is 0 Å². The summed E-state index contributed by atoms with van der Waals surface area (Å²) in [5, 5.41) is 5.01. The smallest absolute Gasteiger partial charge is 0.0364 e. The van der Waals surface area contributed by atoms with Gasteiger partial charge in [-0.3, -0.25) is 16.6 Å². The van der Waals surface area contributed by atoms with Crippen LogP contribution in [0.5, 0.6) is 0 Å². The Labute approximate surface area is 129 Å². The summed E-state index contributed by atoms with van der Waals surface area (Å²) < 4.78 is 0. The Morgan fingerprint density at radius 3 is 2.48 bits per heavy atom. The maximum atomic E-state index is 5.56. The number of nitrogens with two attached hydrogens (primary N) is 2. The molecule has 1 aliphatic heterocycles. The van der Waals surface area contributed by atoms with E-state index in [0.29, 0.717) is 11.6 Å². The predicted molar refractivity (Wildman–Crippen MR) is 87.4 cm³/mol. The van der Waals surface area contributed by atoms with Crippen molar-refractivity contribution in [3.63, 3.8) is 0 Å². The molecule has 1 saturated carbocycles. The van der Waals surface area contributed by atoms with Crippen LogP contribution in [0.3, 0.4) is 0 Å². The van der Waals surface area contributed by atoms with Gasteiger partial charge in [0.1, 0.15) is 0 Å². The van der Waals surface area contributed by atoms with Crippen LogP contribution >= 0.6 is 0 Å². The number of rotatable bonds is 9. The van der Waals surface area contributed by atoms with Crippen molar-refractivity contribution in [2.75, 3.05) is 45.8 Å². The van der Waals surface area contributed by atoms with Crippen molar-refractivity contribution >= 4 is 0 Å². The number of hydrogen-bond donors (Lipinski definition) is 3. The van der Waals surface area contributed by atoms with Crippen LogP contribution in [0, 0.1) is 0 Å². The molecule has 2 aliphatic rings. The monoisotopic (exact) mass is 298 g/mol. The number of hydrazine groups is 2. The van der Waals surface area contributed by atoms with Crippen molar-refractivity contribution in [1.29, 1.82) is 0 Å². The first-order valence-electron chi connectivity index (χ1n) is 8.60. The van der Waals surface area contributed by atoms with Gasteiger partial charge in [0, 0.05) is 37.8 Å². The van der Waals surface area contributed by atoms with Gasteiger partial charge in [-0.05, 0) is 45.3 Å². The standard InChI is InChI=1S/C15H34N6/c1-3-19(4-2)10-5-11-20-13-9-18-14(6-12-21(16)17)15(20)7-8-15/h14,18H,3-13,16-17H2,1-2H3. The third-order valence-corrected chi connectivity index (χ3v) is 5.29. The average Bonchev–Trinajstić information content (AvgIpc) is 3.25. The molecule has 1 aliphatic carbocycles.